The average molecular weight is 348 g/mol. The Balaban J connectivity index is 1.68. The molecule has 1 aromatic carbocycles. The van der Waals surface area contributed by atoms with E-state index in [0.29, 0.717) is 42.8 Å². The van der Waals surface area contributed by atoms with E-state index in [2.05, 4.69) is 10.4 Å². The second-order valence-corrected chi connectivity index (χ2v) is 6.40. The van der Waals surface area contributed by atoms with Crippen LogP contribution in [-0.4, -0.2) is 29.5 Å². The van der Waals surface area contributed by atoms with E-state index in [9.17, 15) is 4.79 Å². The van der Waals surface area contributed by atoms with Gasteiger partial charge in [-0.2, -0.15) is 5.10 Å². The van der Waals surface area contributed by atoms with Gasteiger partial charge in [-0.3, -0.25) is 4.79 Å². The minimum absolute atomic E-state index is 0.0303. The van der Waals surface area contributed by atoms with Gasteiger partial charge in [0.05, 0.1) is 31.0 Å². The van der Waals surface area contributed by atoms with E-state index < -0.39 is 0 Å². The number of aromatic nitrogens is 2. The lowest BCUT2D eigenvalue weighted by atomic mass is 10.1. The highest BCUT2D eigenvalue weighted by Crippen LogP contribution is 2.38. The average Bonchev–Trinajstić information content (AvgIpc) is 2.83. The zero-order valence-corrected chi connectivity index (χ0v) is 13.9. The number of benzene rings is 1. The predicted molar refractivity (Wildman–Crippen MR) is 90.1 cm³/mol. The lowest BCUT2D eigenvalue weighted by Crippen LogP contribution is -2.34. The van der Waals surface area contributed by atoms with Crippen molar-refractivity contribution in [1.29, 1.82) is 0 Å². The number of fused-ring (bicyclic) bond motifs is 2. The number of rotatable bonds is 2. The molecule has 2 aliphatic rings. The van der Waals surface area contributed by atoms with Crippen LogP contribution < -0.4 is 20.3 Å². The normalized spacial score (nSPS) is 16.4. The van der Waals surface area contributed by atoms with Crippen molar-refractivity contribution in [3.63, 3.8) is 0 Å². The number of ether oxygens (including phenoxy) is 2. The van der Waals surface area contributed by atoms with Gasteiger partial charge in [0.2, 0.25) is 0 Å². The number of hydrogen-bond donors (Lipinski definition) is 1. The molecule has 1 N–H and O–H groups in total. The first-order valence-electron chi connectivity index (χ1n) is 8.09. The molecule has 24 heavy (non-hydrogen) atoms. The van der Waals surface area contributed by atoms with Crippen LogP contribution in [0.4, 0.5) is 0 Å². The molecule has 3 heterocycles. The largest absolute Gasteiger partial charge is 0.489 e. The second-order valence-electron chi connectivity index (χ2n) is 5.99. The highest BCUT2D eigenvalue weighted by atomic mass is 35.5. The van der Waals surface area contributed by atoms with Crippen molar-refractivity contribution in [1.82, 2.24) is 15.1 Å². The summed E-state index contributed by atoms with van der Waals surface area (Å²) in [5, 5.41) is 8.04. The van der Waals surface area contributed by atoms with E-state index >= 15 is 0 Å². The molecule has 7 heteroatoms. The van der Waals surface area contributed by atoms with Gasteiger partial charge in [0.15, 0.2) is 11.5 Å². The first-order chi connectivity index (χ1) is 11.7. The fourth-order valence-corrected chi connectivity index (χ4v) is 3.37. The highest BCUT2D eigenvalue weighted by Gasteiger charge is 2.18. The molecule has 0 atom stereocenters. The molecule has 0 saturated carbocycles. The molecular weight excluding hydrogens is 330 g/mol. The van der Waals surface area contributed by atoms with E-state index in [1.165, 1.54) is 4.68 Å². The standard InChI is InChI=1S/C17H18ClN3O3/c18-14-6-11(7-15-16(14)24-5-1-4-23-15)10-21-17(22)13-2-3-19-8-12(13)9-20-21/h6-7,9,19H,1-5,8,10H2. The van der Waals surface area contributed by atoms with E-state index in [4.69, 9.17) is 21.1 Å². The van der Waals surface area contributed by atoms with Gasteiger partial charge in [-0.15, -0.1) is 0 Å². The minimum atomic E-state index is -0.0303. The Morgan fingerprint density at radius 2 is 2.17 bits per heavy atom. The van der Waals surface area contributed by atoms with E-state index in [0.717, 1.165) is 36.1 Å². The molecule has 1 aromatic heterocycles. The number of nitrogens with zero attached hydrogens (tertiary/aromatic N) is 2. The molecule has 6 nitrogen and oxygen atoms in total. The zero-order chi connectivity index (χ0) is 16.5. The molecule has 4 rings (SSSR count). The summed E-state index contributed by atoms with van der Waals surface area (Å²) in [5.74, 6) is 1.21. The van der Waals surface area contributed by atoms with Crippen LogP contribution in [0.25, 0.3) is 0 Å². The second kappa shape index (κ2) is 6.45. The van der Waals surface area contributed by atoms with Crippen molar-refractivity contribution in [2.75, 3.05) is 19.8 Å². The van der Waals surface area contributed by atoms with Crippen LogP contribution in [0.5, 0.6) is 11.5 Å². The van der Waals surface area contributed by atoms with Crippen molar-refractivity contribution in [2.24, 2.45) is 0 Å². The van der Waals surface area contributed by atoms with Gasteiger partial charge in [-0.05, 0) is 36.2 Å². The van der Waals surface area contributed by atoms with Crippen LogP contribution in [0.2, 0.25) is 5.02 Å². The quantitative estimate of drug-likeness (QED) is 0.896. The van der Waals surface area contributed by atoms with Crippen LogP contribution in [0, 0.1) is 0 Å². The monoisotopic (exact) mass is 347 g/mol. The molecule has 0 aliphatic carbocycles. The summed E-state index contributed by atoms with van der Waals surface area (Å²) in [6.07, 6.45) is 3.33. The van der Waals surface area contributed by atoms with Crippen molar-refractivity contribution in [3.8, 4) is 11.5 Å². The lowest BCUT2D eigenvalue weighted by molar-refractivity contribution is 0.297. The van der Waals surface area contributed by atoms with Gasteiger partial charge in [-0.25, -0.2) is 4.68 Å². The van der Waals surface area contributed by atoms with Gasteiger partial charge in [0.25, 0.3) is 5.56 Å². The highest BCUT2D eigenvalue weighted by molar-refractivity contribution is 6.32. The van der Waals surface area contributed by atoms with Crippen molar-refractivity contribution >= 4 is 11.6 Å². The Hall–Kier alpha value is -2.05. The molecule has 0 bridgehead atoms. The topological polar surface area (TPSA) is 65.4 Å². The van der Waals surface area contributed by atoms with Crippen molar-refractivity contribution < 1.29 is 9.47 Å². The third kappa shape index (κ3) is 2.87. The summed E-state index contributed by atoms with van der Waals surface area (Å²) in [5.41, 5.74) is 2.67. The van der Waals surface area contributed by atoms with Crippen LogP contribution >= 0.6 is 11.6 Å². The SMILES string of the molecule is O=c1c2c(cnn1Cc1cc(Cl)c3c(c1)OCCCO3)CNCC2. The lowest BCUT2D eigenvalue weighted by Gasteiger charge is -2.17. The van der Waals surface area contributed by atoms with Gasteiger partial charge >= 0.3 is 0 Å². The predicted octanol–water partition coefficient (Wildman–Crippen LogP) is 1.75. The fourth-order valence-electron chi connectivity index (χ4n) is 3.08. The maximum atomic E-state index is 12.6. The molecule has 126 valence electrons. The minimum Gasteiger partial charge on any atom is -0.489 e. The summed E-state index contributed by atoms with van der Waals surface area (Å²) >= 11 is 6.32. The van der Waals surface area contributed by atoms with E-state index in [1.807, 2.05) is 12.1 Å². The van der Waals surface area contributed by atoms with Gasteiger partial charge in [0, 0.05) is 18.5 Å². The number of hydrogen-bond acceptors (Lipinski definition) is 5. The third-order valence-electron chi connectivity index (χ3n) is 4.29. The third-order valence-corrected chi connectivity index (χ3v) is 4.58. The Morgan fingerprint density at radius 1 is 1.29 bits per heavy atom. The van der Waals surface area contributed by atoms with Crippen LogP contribution in [0.1, 0.15) is 23.1 Å². The maximum Gasteiger partial charge on any atom is 0.270 e. The first kappa shape index (κ1) is 15.5. The van der Waals surface area contributed by atoms with Crippen molar-refractivity contribution in [3.05, 3.63) is 50.4 Å². The van der Waals surface area contributed by atoms with E-state index in [1.54, 1.807) is 6.20 Å². The molecule has 2 aliphatic heterocycles. The molecule has 0 unspecified atom stereocenters. The smallest absolute Gasteiger partial charge is 0.270 e. The molecule has 0 fully saturated rings. The Bertz CT molecular complexity index is 835. The van der Waals surface area contributed by atoms with Gasteiger partial charge in [-0.1, -0.05) is 11.6 Å². The molecular formula is C17H18ClN3O3. The first-order valence-corrected chi connectivity index (χ1v) is 8.47. The summed E-state index contributed by atoms with van der Waals surface area (Å²) in [4.78, 5) is 12.6. The van der Waals surface area contributed by atoms with Crippen LogP contribution in [-0.2, 0) is 19.5 Å². The molecule has 0 amide bonds. The van der Waals surface area contributed by atoms with Crippen LogP contribution in [0.3, 0.4) is 0 Å². The summed E-state index contributed by atoms with van der Waals surface area (Å²) in [6, 6.07) is 3.69. The number of nitrogens with one attached hydrogen (secondary N) is 1. The maximum absolute atomic E-state index is 12.6. The number of halogens is 1. The van der Waals surface area contributed by atoms with Crippen LogP contribution in [0.15, 0.2) is 23.1 Å². The van der Waals surface area contributed by atoms with Gasteiger partial charge < -0.3 is 14.8 Å². The van der Waals surface area contributed by atoms with Gasteiger partial charge in [0.1, 0.15) is 0 Å². The Labute approximate surface area is 144 Å². The Kier molecular flexibility index (Phi) is 4.16. The summed E-state index contributed by atoms with van der Waals surface area (Å²) in [7, 11) is 0. The van der Waals surface area contributed by atoms with E-state index in [-0.39, 0.29) is 5.56 Å². The summed E-state index contributed by atoms with van der Waals surface area (Å²) < 4.78 is 12.8. The molecule has 2 aromatic rings. The van der Waals surface area contributed by atoms with Crippen molar-refractivity contribution in [2.45, 2.75) is 25.9 Å². The zero-order valence-electron chi connectivity index (χ0n) is 13.2. The molecule has 0 spiro atoms. The molecule has 0 radical (unpaired) electrons. The summed E-state index contributed by atoms with van der Waals surface area (Å²) in [6.45, 7) is 3.06. The Morgan fingerprint density at radius 3 is 3.08 bits per heavy atom. The fraction of sp³-hybridized carbons (Fsp3) is 0.412. The molecule has 0 saturated heterocycles.